The van der Waals surface area contributed by atoms with E-state index >= 15 is 0 Å². The zero-order valence-corrected chi connectivity index (χ0v) is 15.0. The van der Waals surface area contributed by atoms with Crippen LogP contribution in [0.25, 0.3) is 0 Å². The molecule has 0 radical (unpaired) electrons. The molecule has 1 fully saturated rings. The van der Waals surface area contributed by atoms with E-state index in [2.05, 4.69) is 5.32 Å². The Labute approximate surface area is 152 Å². The first-order chi connectivity index (χ1) is 12.5. The molecule has 8 heteroatoms. The number of sulfonamides is 1. The number of nitrogens with one attached hydrogen (secondary N) is 1. The Kier molecular flexibility index (Phi) is 5.53. The molecule has 26 heavy (non-hydrogen) atoms. The highest BCUT2D eigenvalue weighted by Crippen LogP contribution is 2.18. The predicted octanol–water partition coefficient (Wildman–Crippen LogP) is 2.04. The lowest BCUT2D eigenvalue weighted by atomic mass is 10.2. The van der Waals surface area contributed by atoms with Gasteiger partial charge in [0.05, 0.1) is 4.90 Å². The lowest BCUT2D eigenvalue weighted by Gasteiger charge is -2.34. The van der Waals surface area contributed by atoms with Crippen molar-refractivity contribution in [3.8, 4) is 0 Å². The second-order valence-electron chi connectivity index (χ2n) is 5.99. The Bertz CT molecular complexity index is 866. The fourth-order valence-corrected chi connectivity index (χ4v) is 4.25. The lowest BCUT2D eigenvalue weighted by Crippen LogP contribution is -2.52. The van der Waals surface area contributed by atoms with Gasteiger partial charge < -0.3 is 10.2 Å². The van der Waals surface area contributed by atoms with Gasteiger partial charge >= 0.3 is 6.03 Å². The zero-order valence-electron chi connectivity index (χ0n) is 14.1. The molecule has 2 aromatic rings. The monoisotopic (exact) mass is 377 g/mol. The van der Waals surface area contributed by atoms with Gasteiger partial charge in [0.25, 0.3) is 0 Å². The first-order valence-electron chi connectivity index (χ1n) is 8.29. The van der Waals surface area contributed by atoms with E-state index in [4.69, 9.17) is 0 Å². The minimum Gasteiger partial charge on any atom is -0.334 e. The van der Waals surface area contributed by atoms with Gasteiger partial charge in [-0.3, -0.25) is 0 Å². The van der Waals surface area contributed by atoms with Gasteiger partial charge in [0.1, 0.15) is 5.82 Å². The molecule has 1 heterocycles. The van der Waals surface area contributed by atoms with E-state index < -0.39 is 15.8 Å². The fraction of sp³-hybridized carbons (Fsp3) is 0.278. The summed E-state index contributed by atoms with van der Waals surface area (Å²) in [4.78, 5) is 13.8. The average molecular weight is 377 g/mol. The van der Waals surface area contributed by atoms with Gasteiger partial charge in [-0.15, -0.1) is 0 Å². The number of carbonyl (C=O) groups is 1. The first-order valence-corrected chi connectivity index (χ1v) is 9.73. The largest absolute Gasteiger partial charge is 0.334 e. The van der Waals surface area contributed by atoms with Crippen LogP contribution in [-0.2, 0) is 16.6 Å². The van der Waals surface area contributed by atoms with Gasteiger partial charge in [-0.25, -0.2) is 17.6 Å². The van der Waals surface area contributed by atoms with Crippen molar-refractivity contribution < 1.29 is 17.6 Å². The smallest absolute Gasteiger partial charge is 0.317 e. The summed E-state index contributed by atoms with van der Waals surface area (Å²) < 4.78 is 39.7. The molecule has 138 valence electrons. The molecule has 0 unspecified atom stereocenters. The van der Waals surface area contributed by atoms with Crippen LogP contribution in [0.1, 0.15) is 5.56 Å². The Morgan fingerprint density at radius 1 is 1.00 bits per heavy atom. The van der Waals surface area contributed by atoms with E-state index in [0.29, 0.717) is 6.54 Å². The van der Waals surface area contributed by atoms with E-state index in [0.717, 1.165) is 11.6 Å². The van der Waals surface area contributed by atoms with Crippen molar-refractivity contribution in [1.29, 1.82) is 0 Å². The number of nitrogens with zero attached hydrogens (tertiary/aromatic N) is 2. The number of halogens is 1. The van der Waals surface area contributed by atoms with Gasteiger partial charge in [0.2, 0.25) is 10.0 Å². The number of hydrogen-bond acceptors (Lipinski definition) is 3. The maximum Gasteiger partial charge on any atom is 0.317 e. The topological polar surface area (TPSA) is 69.7 Å². The van der Waals surface area contributed by atoms with Crippen molar-refractivity contribution in [3.63, 3.8) is 0 Å². The van der Waals surface area contributed by atoms with Crippen molar-refractivity contribution in [1.82, 2.24) is 14.5 Å². The molecule has 0 bridgehead atoms. The Balaban J connectivity index is 1.56. The summed E-state index contributed by atoms with van der Waals surface area (Å²) in [6.07, 6.45) is 0. The molecular weight excluding hydrogens is 357 g/mol. The maximum absolute atomic E-state index is 13.3. The van der Waals surface area contributed by atoms with Crippen LogP contribution in [0.4, 0.5) is 9.18 Å². The number of rotatable bonds is 4. The number of urea groups is 1. The third-order valence-corrected chi connectivity index (χ3v) is 6.14. The van der Waals surface area contributed by atoms with Gasteiger partial charge in [-0.05, 0) is 23.8 Å². The summed E-state index contributed by atoms with van der Waals surface area (Å²) in [6, 6.07) is 14.3. The van der Waals surface area contributed by atoms with E-state index in [9.17, 15) is 17.6 Å². The van der Waals surface area contributed by atoms with E-state index in [1.165, 1.54) is 22.5 Å². The number of carbonyl (C=O) groups excluding carboxylic acids is 1. The summed E-state index contributed by atoms with van der Waals surface area (Å²) in [5, 5.41) is 2.83. The van der Waals surface area contributed by atoms with E-state index in [1.54, 1.807) is 4.90 Å². The molecule has 6 nitrogen and oxygen atoms in total. The molecule has 1 aliphatic heterocycles. The normalized spacial score (nSPS) is 15.7. The van der Waals surface area contributed by atoms with Crippen LogP contribution in [0.5, 0.6) is 0 Å². The molecule has 3 rings (SSSR count). The van der Waals surface area contributed by atoms with Crippen LogP contribution >= 0.6 is 0 Å². The zero-order chi connectivity index (χ0) is 18.6. The van der Waals surface area contributed by atoms with Crippen LogP contribution < -0.4 is 5.32 Å². The van der Waals surface area contributed by atoms with Gasteiger partial charge in [0, 0.05) is 32.7 Å². The number of benzene rings is 2. The Morgan fingerprint density at radius 2 is 1.69 bits per heavy atom. The highest BCUT2D eigenvalue weighted by Gasteiger charge is 2.30. The molecule has 0 aliphatic carbocycles. The molecule has 2 aromatic carbocycles. The summed E-state index contributed by atoms with van der Waals surface area (Å²) in [6.45, 7) is 1.35. The van der Waals surface area contributed by atoms with Crippen LogP contribution in [0.3, 0.4) is 0 Å². The number of amides is 2. The summed E-state index contributed by atoms with van der Waals surface area (Å²) >= 11 is 0. The predicted molar refractivity (Wildman–Crippen MR) is 95.4 cm³/mol. The van der Waals surface area contributed by atoms with Crippen LogP contribution in [0.2, 0.25) is 0 Å². The van der Waals surface area contributed by atoms with Gasteiger partial charge in [-0.1, -0.05) is 36.4 Å². The van der Waals surface area contributed by atoms with Crippen LogP contribution in [0, 0.1) is 5.82 Å². The van der Waals surface area contributed by atoms with Gasteiger partial charge in [0.15, 0.2) is 0 Å². The molecule has 0 spiro atoms. The highest BCUT2D eigenvalue weighted by molar-refractivity contribution is 7.89. The summed E-state index contributed by atoms with van der Waals surface area (Å²) in [5.41, 5.74) is 0.994. The van der Waals surface area contributed by atoms with Crippen molar-refractivity contribution in [2.75, 3.05) is 26.2 Å². The minimum absolute atomic E-state index is 0.0699. The van der Waals surface area contributed by atoms with Crippen LogP contribution in [0.15, 0.2) is 59.5 Å². The molecule has 1 aliphatic rings. The van der Waals surface area contributed by atoms with Crippen molar-refractivity contribution in [2.45, 2.75) is 11.4 Å². The molecule has 1 saturated heterocycles. The molecule has 0 aromatic heterocycles. The Hall–Kier alpha value is -2.45. The molecule has 1 N–H and O–H groups in total. The third-order valence-electron chi connectivity index (χ3n) is 4.25. The standard InChI is InChI=1S/C18H20FN3O3S/c19-16-7-4-8-17(13-16)26(24,25)22-11-9-21(10-12-22)18(23)20-14-15-5-2-1-3-6-15/h1-8,13H,9-12,14H2,(H,20,23). The lowest BCUT2D eigenvalue weighted by molar-refractivity contribution is 0.172. The maximum atomic E-state index is 13.3. The SMILES string of the molecule is O=C(NCc1ccccc1)N1CCN(S(=O)(=O)c2cccc(F)c2)CC1. The van der Waals surface area contributed by atoms with Crippen molar-refractivity contribution >= 4 is 16.1 Å². The summed E-state index contributed by atoms with van der Waals surface area (Å²) in [7, 11) is -3.75. The first kappa shape index (κ1) is 18.3. The average Bonchev–Trinajstić information content (AvgIpc) is 2.67. The second kappa shape index (κ2) is 7.84. The fourth-order valence-electron chi connectivity index (χ4n) is 2.79. The van der Waals surface area contributed by atoms with Crippen molar-refractivity contribution in [3.05, 3.63) is 66.0 Å². The van der Waals surface area contributed by atoms with Crippen LogP contribution in [-0.4, -0.2) is 49.8 Å². The third kappa shape index (κ3) is 4.20. The molecule has 2 amide bonds. The molecular formula is C18H20FN3O3S. The highest BCUT2D eigenvalue weighted by atomic mass is 32.2. The van der Waals surface area contributed by atoms with E-state index in [1.807, 2.05) is 30.3 Å². The molecule has 0 atom stereocenters. The van der Waals surface area contributed by atoms with E-state index in [-0.39, 0.29) is 37.1 Å². The second-order valence-corrected chi connectivity index (χ2v) is 7.93. The van der Waals surface area contributed by atoms with Gasteiger partial charge in [-0.2, -0.15) is 4.31 Å². The number of piperazine rings is 1. The number of hydrogen-bond donors (Lipinski definition) is 1. The van der Waals surface area contributed by atoms with Crippen molar-refractivity contribution in [2.24, 2.45) is 0 Å². The molecule has 0 saturated carbocycles. The Morgan fingerprint density at radius 3 is 2.35 bits per heavy atom. The quantitative estimate of drug-likeness (QED) is 0.887. The summed E-state index contributed by atoms with van der Waals surface area (Å²) in [5.74, 6) is -0.593. The minimum atomic E-state index is -3.75.